The van der Waals surface area contributed by atoms with E-state index in [-0.39, 0.29) is 13.0 Å². The molecular formula is C13H30N4O6. The monoisotopic (exact) mass is 338 g/mol. The summed E-state index contributed by atoms with van der Waals surface area (Å²) in [6.07, 6.45) is -6.30. The molecule has 0 amide bonds. The van der Waals surface area contributed by atoms with Crippen LogP contribution in [0.5, 0.6) is 0 Å². The highest BCUT2D eigenvalue weighted by atomic mass is 16.7. The van der Waals surface area contributed by atoms with E-state index < -0.39 is 61.5 Å². The summed E-state index contributed by atoms with van der Waals surface area (Å²) in [5.41, 5.74) is 22.9. The number of nitrogens with two attached hydrogens (primary N) is 4. The molecule has 10 nitrogen and oxygen atoms in total. The average Bonchev–Trinajstić information content (AvgIpc) is 2.51. The Balaban J connectivity index is 2.78. The molecule has 0 bridgehead atoms. The molecule has 9 unspecified atom stereocenters. The van der Waals surface area contributed by atoms with Crippen molar-refractivity contribution < 1.29 is 29.9 Å². The molecule has 1 aliphatic carbocycles. The molecule has 0 heterocycles. The summed E-state index contributed by atoms with van der Waals surface area (Å²) in [5.74, 6) is 0. The Hall–Kier alpha value is -0.400. The average molecular weight is 338 g/mol. The van der Waals surface area contributed by atoms with Gasteiger partial charge in [-0.2, -0.15) is 0 Å². The molecule has 0 aliphatic heterocycles. The summed E-state index contributed by atoms with van der Waals surface area (Å²) < 4.78 is 11.2. The van der Waals surface area contributed by atoms with Crippen molar-refractivity contribution in [2.45, 2.75) is 68.3 Å². The predicted octanol–water partition coefficient (Wildman–Crippen LogP) is -4.48. The fraction of sp³-hybridized carbons (Fsp3) is 1.00. The minimum absolute atomic E-state index is 0.0684. The fourth-order valence-corrected chi connectivity index (χ4v) is 2.50. The van der Waals surface area contributed by atoms with Crippen LogP contribution in [0.1, 0.15) is 13.3 Å². The number of aliphatic hydroxyl groups excluding tert-OH is 4. The van der Waals surface area contributed by atoms with Crippen LogP contribution in [0.25, 0.3) is 0 Å². The highest BCUT2D eigenvalue weighted by Gasteiger charge is 2.43. The van der Waals surface area contributed by atoms with E-state index in [1.807, 2.05) is 0 Å². The Morgan fingerprint density at radius 1 is 1.17 bits per heavy atom. The number of rotatable bonds is 8. The normalized spacial score (nSPS) is 37.2. The third kappa shape index (κ3) is 5.29. The van der Waals surface area contributed by atoms with E-state index in [9.17, 15) is 15.3 Å². The quantitative estimate of drug-likeness (QED) is 0.199. The van der Waals surface area contributed by atoms with E-state index in [2.05, 4.69) is 0 Å². The molecule has 0 aromatic heterocycles. The van der Waals surface area contributed by atoms with E-state index in [4.69, 9.17) is 37.5 Å². The molecular weight excluding hydrogens is 308 g/mol. The Bertz CT molecular complexity index is 350. The number of aliphatic hydroxyl groups is 4. The Labute approximate surface area is 135 Å². The van der Waals surface area contributed by atoms with Crippen LogP contribution < -0.4 is 22.9 Å². The predicted molar refractivity (Wildman–Crippen MR) is 81.9 cm³/mol. The lowest BCUT2D eigenvalue weighted by atomic mass is 9.84. The SMILES string of the molecule is CC(N)C(OC(CN)C(O)CO)OC1C(N)CC(N)C(O)C1O. The van der Waals surface area contributed by atoms with Gasteiger partial charge in [0.05, 0.1) is 18.8 Å². The summed E-state index contributed by atoms with van der Waals surface area (Å²) in [6.45, 7) is 1.00. The highest BCUT2D eigenvalue weighted by Crippen LogP contribution is 2.23. The first-order valence-corrected chi connectivity index (χ1v) is 7.65. The third-order valence-corrected chi connectivity index (χ3v) is 3.97. The van der Waals surface area contributed by atoms with E-state index in [1.165, 1.54) is 0 Å². The van der Waals surface area contributed by atoms with Gasteiger partial charge in [0.25, 0.3) is 0 Å². The van der Waals surface area contributed by atoms with Gasteiger partial charge in [-0.05, 0) is 13.3 Å². The molecule has 1 saturated carbocycles. The van der Waals surface area contributed by atoms with Crippen molar-refractivity contribution in [3.05, 3.63) is 0 Å². The van der Waals surface area contributed by atoms with E-state index in [0.29, 0.717) is 0 Å². The molecule has 0 aromatic rings. The van der Waals surface area contributed by atoms with Crippen LogP contribution in [0.4, 0.5) is 0 Å². The van der Waals surface area contributed by atoms with Gasteiger partial charge in [-0.15, -0.1) is 0 Å². The lowest BCUT2D eigenvalue weighted by Gasteiger charge is -2.42. The van der Waals surface area contributed by atoms with Crippen molar-refractivity contribution in [3.8, 4) is 0 Å². The summed E-state index contributed by atoms with van der Waals surface area (Å²) >= 11 is 0. The number of hydrogen-bond acceptors (Lipinski definition) is 10. The second-order valence-corrected chi connectivity index (χ2v) is 6.03. The summed E-state index contributed by atoms with van der Waals surface area (Å²) in [7, 11) is 0. The summed E-state index contributed by atoms with van der Waals surface area (Å²) in [5, 5.41) is 38.6. The zero-order valence-electron chi connectivity index (χ0n) is 13.2. The molecule has 0 spiro atoms. The van der Waals surface area contributed by atoms with Crippen molar-refractivity contribution in [1.29, 1.82) is 0 Å². The van der Waals surface area contributed by atoms with Crippen LogP contribution in [0.15, 0.2) is 0 Å². The van der Waals surface area contributed by atoms with Crippen LogP contribution in [0.2, 0.25) is 0 Å². The topological polar surface area (TPSA) is 203 Å². The molecule has 1 rings (SSSR count). The van der Waals surface area contributed by atoms with Crippen LogP contribution in [0, 0.1) is 0 Å². The van der Waals surface area contributed by atoms with Crippen LogP contribution in [-0.2, 0) is 9.47 Å². The van der Waals surface area contributed by atoms with Gasteiger partial charge in [0.15, 0.2) is 6.29 Å². The molecule has 12 N–H and O–H groups in total. The zero-order chi connectivity index (χ0) is 17.7. The van der Waals surface area contributed by atoms with Crippen molar-refractivity contribution in [3.63, 3.8) is 0 Å². The zero-order valence-corrected chi connectivity index (χ0v) is 13.2. The van der Waals surface area contributed by atoms with Crippen molar-refractivity contribution in [2.75, 3.05) is 13.2 Å². The maximum Gasteiger partial charge on any atom is 0.173 e. The lowest BCUT2D eigenvalue weighted by Crippen LogP contribution is -2.63. The molecule has 0 aromatic carbocycles. The van der Waals surface area contributed by atoms with Gasteiger partial charge >= 0.3 is 0 Å². The first-order valence-electron chi connectivity index (χ1n) is 7.65. The van der Waals surface area contributed by atoms with Crippen LogP contribution >= 0.6 is 0 Å². The van der Waals surface area contributed by atoms with E-state index >= 15 is 0 Å². The van der Waals surface area contributed by atoms with E-state index in [1.54, 1.807) is 6.92 Å². The first kappa shape index (κ1) is 20.6. The second kappa shape index (κ2) is 9.18. The molecule has 23 heavy (non-hydrogen) atoms. The van der Waals surface area contributed by atoms with Gasteiger partial charge in [-0.25, -0.2) is 0 Å². The highest BCUT2D eigenvalue weighted by molar-refractivity contribution is 4.98. The van der Waals surface area contributed by atoms with Crippen molar-refractivity contribution in [1.82, 2.24) is 0 Å². The molecule has 10 heteroatoms. The maximum atomic E-state index is 10.1. The van der Waals surface area contributed by atoms with Gasteiger partial charge in [0, 0.05) is 18.6 Å². The van der Waals surface area contributed by atoms with Gasteiger partial charge < -0.3 is 52.8 Å². The third-order valence-electron chi connectivity index (χ3n) is 3.97. The lowest BCUT2D eigenvalue weighted by molar-refractivity contribution is -0.248. The molecule has 1 aliphatic rings. The molecule has 9 atom stereocenters. The number of ether oxygens (including phenoxy) is 2. The first-order chi connectivity index (χ1) is 10.7. The van der Waals surface area contributed by atoms with Crippen LogP contribution in [-0.4, -0.2) is 88.5 Å². The Morgan fingerprint density at radius 2 is 1.78 bits per heavy atom. The molecule has 1 fully saturated rings. The standard InChI is InChI=1S/C13H30N4O6/c1-5(15)13(22-9(3-14)8(19)4-18)23-12-7(17)2-6(16)10(20)11(12)21/h5-13,18-21H,2-4,14-17H2,1H3. The summed E-state index contributed by atoms with van der Waals surface area (Å²) in [6, 6.07) is -1.91. The molecule has 0 radical (unpaired) electrons. The van der Waals surface area contributed by atoms with Crippen LogP contribution in [0.3, 0.4) is 0 Å². The fourth-order valence-electron chi connectivity index (χ4n) is 2.50. The smallest absolute Gasteiger partial charge is 0.173 e. The Morgan fingerprint density at radius 3 is 2.26 bits per heavy atom. The van der Waals surface area contributed by atoms with Crippen molar-refractivity contribution in [2.24, 2.45) is 22.9 Å². The maximum absolute atomic E-state index is 10.1. The van der Waals surface area contributed by atoms with Gasteiger partial charge in [-0.1, -0.05) is 0 Å². The van der Waals surface area contributed by atoms with Gasteiger partial charge in [0.2, 0.25) is 0 Å². The van der Waals surface area contributed by atoms with Gasteiger partial charge in [-0.3, -0.25) is 0 Å². The minimum Gasteiger partial charge on any atom is -0.394 e. The minimum atomic E-state index is -1.29. The second-order valence-electron chi connectivity index (χ2n) is 6.03. The number of hydrogen-bond donors (Lipinski definition) is 8. The molecule has 0 saturated heterocycles. The largest absolute Gasteiger partial charge is 0.394 e. The van der Waals surface area contributed by atoms with Crippen molar-refractivity contribution >= 4 is 0 Å². The van der Waals surface area contributed by atoms with E-state index in [0.717, 1.165) is 0 Å². The van der Waals surface area contributed by atoms with Gasteiger partial charge in [0.1, 0.15) is 24.4 Å². The summed E-state index contributed by atoms with van der Waals surface area (Å²) in [4.78, 5) is 0. The Kier molecular flexibility index (Phi) is 8.24. The molecule has 138 valence electrons.